The molecular weight excluding hydrogens is 376 g/mol. The third-order valence-electron chi connectivity index (χ3n) is 6.62. The van der Waals surface area contributed by atoms with Crippen LogP contribution in [0.3, 0.4) is 0 Å². The SMILES string of the molecule is CCCCc1cn(C(C)(C)C)s/c1=N\C(=O)[C@]1(O)CC[C@@](C)(C(=O)O)C1(C)C. The summed E-state index contributed by atoms with van der Waals surface area (Å²) >= 11 is 1.41. The van der Waals surface area contributed by atoms with Crippen LogP contribution in [0, 0.1) is 10.8 Å². The van der Waals surface area contributed by atoms with Crippen molar-refractivity contribution in [2.45, 2.75) is 91.7 Å². The lowest BCUT2D eigenvalue weighted by molar-refractivity contribution is -0.166. The average molecular weight is 411 g/mol. The van der Waals surface area contributed by atoms with E-state index in [2.05, 4.69) is 36.6 Å². The first-order valence-electron chi connectivity index (χ1n) is 9.98. The Morgan fingerprint density at radius 1 is 1.25 bits per heavy atom. The number of aryl methyl sites for hydroxylation is 1. The summed E-state index contributed by atoms with van der Waals surface area (Å²) in [5.41, 5.74) is -3.24. The molecule has 6 nitrogen and oxygen atoms in total. The maximum Gasteiger partial charge on any atom is 0.310 e. The summed E-state index contributed by atoms with van der Waals surface area (Å²) in [6.07, 6.45) is 5.22. The molecule has 0 unspecified atom stereocenters. The van der Waals surface area contributed by atoms with Crippen LogP contribution in [0.25, 0.3) is 0 Å². The molecule has 28 heavy (non-hydrogen) atoms. The Bertz CT molecular complexity index is 830. The van der Waals surface area contributed by atoms with Crippen LogP contribution < -0.4 is 4.67 Å². The number of carbonyl (C=O) groups is 2. The second-order valence-corrected chi connectivity index (χ2v) is 10.7. The number of rotatable bonds is 5. The molecule has 1 amide bonds. The van der Waals surface area contributed by atoms with Crippen molar-refractivity contribution in [2.75, 3.05) is 0 Å². The van der Waals surface area contributed by atoms with Crippen LogP contribution in [-0.2, 0) is 21.5 Å². The Morgan fingerprint density at radius 3 is 2.32 bits per heavy atom. The molecule has 2 rings (SSSR count). The van der Waals surface area contributed by atoms with E-state index >= 15 is 0 Å². The summed E-state index contributed by atoms with van der Waals surface area (Å²) in [6.45, 7) is 13.3. The van der Waals surface area contributed by atoms with E-state index in [1.807, 2.05) is 6.20 Å². The van der Waals surface area contributed by atoms with Crippen molar-refractivity contribution in [1.29, 1.82) is 0 Å². The molecule has 1 aliphatic rings. The average Bonchev–Trinajstić information content (AvgIpc) is 3.07. The van der Waals surface area contributed by atoms with E-state index < -0.39 is 28.3 Å². The zero-order chi connectivity index (χ0) is 21.5. The minimum absolute atomic E-state index is 0.0973. The van der Waals surface area contributed by atoms with Gasteiger partial charge in [0.2, 0.25) is 0 Å². The van der Waals surface area contributed by atoms with Crippen molar-refractivity contribution >= 4 is 23.4 Å². The minimum atomic E-state index is -1.79. The summed E-state index contributed by atoms with van der Waals surface area (Å²) < 4.78 is 2.69. The Morgan fingerprint density at radius 2 is 1.86 bits per heavy atom. The highest BCUT2D eigenvalue weighted by atomic mass is 32.1. The van der Waals surface area contributed by atoms with Crippen LogP contribution in [0.1, 0.15) is 79.7 Å². The zero-order valence-electron chi connectivity index (χ0n) is 18.1. The normalized spacial score (nSPS) is 27.9. The van der Waals surface area contributed by atoms with E-state index in [4.69, 9.17) is 0 Å². The molecule has 0 aromatic carbocycles. The standard InChI is InChI=1S/C21H34N2O4S/c1-8-9-10-14-13-23(18(2,3)4)28-15(14)22-16(24)21(27)12-11-20(7,17(25)26)19(21,5)6/h13,27H,8-12H2,1-7H3,(H,25,26)/b22-15-/t20-,21+/m0/s1. The molecule has 1 aliphatic carbocycles. The summed E-state index contributed by atoms with van der Waals surface area (Å²) in [5, 5.41) is 20.9. The third-order valence-corrected chi connectivity index (χ3v) is 8.00. The Balaban J connectivity index is 2.52. The van der Waals surface area contributed by atoms with Crippen LogP contribution in [0.15, 0.2) is 11.2 Å². The van der Waals surface area contributed by atoms with Crippen molar-refractivity contribution in [3.8, 4) is 0 Å². The molecule has 0 spiro atoms. The quantitative estimate of drug-likeness (QED) is 0.774. The van der Waals surface area contributed by atoms with Gasteiger partial charge in [0.25, 0.3) is 5.91 Å². The number of amides is 1. The topological polar surface area (TPSA) is 91.9 Å². The summed E-state index contributed by atoms with van der Waals surface area (Å²) in [7, 11) is 0. The molecule has 2 N–H and O–H groups in total. The summed E-state index contributed by atoms with van der Waals surface area (Å²) in [5.74, 6) is -1.63. The second-order valence-electron chi connectivity index (χ2n) is 9.69. The molecule has 1 aromatic rings. The molecule has 158 valence electrons. The number of aliphatic hydroxyl groups is 1. The van der Waals surface area contributed by atoms with Gasteiger partial charge in [-0.3, -0.25) is 13.5 Å². The predicted molar refractivity (Wildman–Crippen MR) is 110 cm³/mol. The zero-order valence-corrected chi connectivity index (χ0v) is 18.9. The lowest BCUT2D eigenvalue weighted by Crippen LogP contribution is -2.54. The molecule has 2 atom stereocenters. The predicted octanol–water partition coefficient (Wildman–Crippen LogP) is 3.72. The molecule has 1 heterocycles. The molecule has 1 aromatic heterocycles. The Kier molecular flexibility index (Phi) is 6.04. The van der Waals surface area contributed by atoms with Gasteiger partial charge in [-0.15, -0.1) is 0 Å². The van der Waals surface area contributed by atoms with E-state index in [0.717, 1.165) is 24.8 Å². The van der Waals surface area contributed by atoms with Gasteiger partial charge in [0, 0.05) is 22.7 Å². The van der Waals surface area contributed by atoms with E-state index in [-0.39, 0.29) is 18.4 Å². The number of nitrogens with zero attached hydrogens (tertiary/aromatic N) is 2. The van der Waals surface area contributed by atoms with Crippen LogP contribution in [0.5, 0.6) is 0 Å². The van der Waals surface area contributed by atoms with Crippen molar-refractivity contribution in [2.24, 2.45) is 15.8 Å². The van der Waals surface area contributed by atoms with Crippen LogP contribution in [-0.4, -0.2) is 31.6 Å². The molecule has 0 radical (unpaired) electrons. The van der Waals surface area contributed by atoms with Crippen molar-refractivity contribution in [3.05, 3.63) is 16.4 Å². The van der Waals surface area contributed by atoms with Gasteiger partial charge >= 0.3 is 5.97 Å². The van der Waals surface area contributed by atoms with Gasteiger partial charge in [0.05, 0.1) is 5.41 Å². The van der Waals surface area contributed by atoms with E-state index in [1.54, 1.807) is 20.8 Å². The second kappa shape index (κ2) is 7.41. The number of aromatic nitrogens is 1. The molecule has 0 saturated heterocycles. The molecule has 0 bridgehead atoms. The van der Waals surface area contributed by atoms with Crippen molar-refractivity contribution in [1.82, 2.24) is 3.96 Å². The summed E-state index contributed by atoms with van der Waals surface area (Å²) in [6, 6.07) is 0. The lowest BCUT2D eigenvalue weighted by atomic mass is 9.63. The maximum atomic E-state index is 13.1. The first kappa shape index (κ1) is 22.8. The van der Waals surface area contributed by atoms with Gasteiger partial charge in [-0.2, -0.15) is 4.99 Å². The van der Waals surface area contributed by atoms with Crippen LogP contribution >= 0.6 is 11.5 Å². The van der Waals surface area contributed by atoms with Gasteiger partial charge in [0.1, 0.15) is 4.67 Å². The third kappa shape index (κ3) is 3.59. The first-order chi connectivity index (χ1) is 12.7. The van der Waals surface area contributed by atoms with Gasteiger partial charge in [-0.1, -0.05) is 27.2 Å². The van der Waals surface area contributed by atoms with Crippen molar-refractivity contribution < 1.29 is 19.8 Å². The van der Waals surface area contributed by atoms with Crippen molar-refractivity contribution in [3.63, 3.8) is 0 Å². The number of aliphatic carboxylic acids is 1. The number of hydrogen-bond acceptors (Lipinski definition) is 4. The molecule has 0 aliphatic heterocycles. The fourth-order valence-corrected chi connectivity index (χ4v) is 4.82. The Labute approximate surface area is 171 Å². The van der Waals surface area contributed by atoms with Gasteiger partial charge in [0.15, 0.2) is 5.60 Å². The largest absolute Gasteiger partial charge is 0.481 e. The van der Waals surface area contributed by atoms with Gasteiger partial charge in [-0.25, -0.2) is 0 Å². The highest BCUT2D eigenvalue weighted by molar-refractivity contribution is 7.04. The number of unbranched alkanes of at least 4 members (excludes halogenated alkanes) is 1. The number of carbonyl (C=O) groups excluding carboxylic acids is 1. The van der Waals surface area contributed by atoms with Gasteiger partial charge in [-0.05, 0) is 64.9 Å². The van der Waals surface area contributed by atoms with E-state index in [1.165, 1.54) is 11.5 Å². The van der Waals surface area contributed by atoms with Gasteiger partial charge < -0.3 is 10.2 Å². The smallest absolute Gasteiger partial charge is 0.310 e. The molecular formula is C21H34N2O4S. The first-order valence-corrected chi connectivity index (χ1v) is 10.8. The maximum absolute atomic E-state index is 13.1. The Hall–Kier alpha value is -1.47. The highest BCUT2D eigenvalue weighted by Gasteiger charge is 2.66. The fraction of sp³-hybridized carbons (Fsp3) is 0.762. The number of carboxylic acid groups (broad SMARTS) is 1. The summed E-state index contributed by atoms with van der Waals surface area (Å²) in [4.78, 5) is 29.3. The lowest BCUT2D eigenvalue weighted by Gasteiger charge is -2.41. The van der Waals surface area contributed by atoms with Crippen LogP contribution in [0.2, 0.25) is 0 Å². The molecule has 1 fully saturated rings. The number of hydrogen-bond donors (Lipinski definition) is 2. The fourth-order valence-electron chi connectivity index (χ4n) is 3.78. The number of carboxylic acids is 1. The van der Waals surface area contributed by atoms with E-state index in [9.17, 15) is 19.8 Å². The van der Waals surface area contributed by atoms with Crippen LogP contribution in [0.4, 0.5) is 0 Å². The monoisotopic (exact) mass is 410 g/mol. The van der Waals surface area contributed by atoms with E-state index in [0.29, 0.717) is 4.67 Å². The molecule has 1 saturated carbocycles. The minimum Gasteiger partial charge on any atom is -0.481 e. The molecule has 7 heteroatoms. The highest BCUT2D eigenvalue weighted by Crippen LogP contribution is 2.58.